The van der Waals surface area contributed by atoms with Crippen LogP contribution in [0.4, 0.5) is 45.5 Å². The molecule has 1 atom stereocenters. The fourth-order valence-electron chi connectivity index (χ4n) is 10.8. The van der Waals surface area contributed by atoms with Crippen molar-refractivity contribution in [1.82, 2.24) is 0 Å². The molecule has 0 heterocycles. The average Bonchev–Trinajstić information content (AvgIpc) is 1.40. The van der Waals surface area contributed by atoms with Gasteiger partial charge in [0.2, 0.25) is 0 Å². The van der Waals surface area contributed by atoms with Crippen LogP contribution in [-0.2, 0) is 18.0 Å². The second-order valence-corrected chi connectivity index (χ2v) is 21.9. The Hall–Kier alpha value is -11.9. The number of hydrogen-bond acceptors (Lipinski definition) is 11. The summed E-state index contributed by atoms with van der Waals surface area (Å²) in [6, 6.07) is 105. The molecule has 12 rings (SSSR count). The van der Waals surface area contributed by atoms with Gasteiger partial charge in [0, 0.05) is 69.0 Å². The van der Waals surface area contributed by atoms with E-state index in [0.29, 0.717) is 0 Å². The second kappa shape index (κ2) is 33.4. The molecule has 12 aromatic rings. The van der Waals surface area contributed by atoms with Crippen LogP contribution in [-0.4, -0.2) is 44.9 Å². The standard InChI is InChI=1S/C50H44N2O4.C18H16N2.C16H16O3/c1-54-46-28-18-39(19-29-46)49(38-16-14-37(36-53)15-17-38)34-51(35-50(40-20-30-47(55-2)31-21-40)41-22-32-48(56-3)33-23-41)42-24-26-45(27-25-42)52(43-10-6-4-7-11-43)44-12-8-5-9-13-44;19-15-11-13-18(14-12-15)20(16-7-3-1-4-8-16)17-9-5-2-6-10-17;1-19-15-8-6-14(7-9-15)16(11-18)13-4-2-12(10-17)3-5-13/h4-35,53H,36H2,1-3H3;1-14H,19H2;2-9,11,16-17H,10H2,1H3. The van der Waals surface area contributed by atoms with Gasteiger partial charge in [-0.3, -0.25) is 0 Å². The van der Waals surface area contributed by atoms with E-state index in [2.05, 4.69) is 173 Å². The number of anilines is 8. The topological polar surface area (TPSA) is 130 Å². The molecule has 0 amide bonds. The predicted octanol–water partition coefficient (Wildman–Crippen LogP) is 18.9. The van der Waals surface area contributed by atoms with E-state index < -0.39 is 0 Å². The summed E-state index contributed by atoms with van der Waals surface area (Å²) in [6.45, 7) is -0.0201. The Morgan fingerprint density at radius 2 is 0.589 bits per heavy atom. The zero-order valence-electron chi connectivity index (χ0n) is 53.6. The van der Waals surface area contributed by atoms with Crippen molar-refractivity contribution in [2.24, 2.45) is 0 Å². The number of carbonyl (C=O) groups is 1. The molecule has 0 saturated heterocycles. The van der Waals surface area contributed by atoms with E-state index in [4.69, 9.17) is 29.8 Å². The normalized spacial score (nSPS) is 11.0. The Kier molecular flexibility index (Phi) is 23.2. The number of rotatable bonds is 22. The first-order chi connectivity index (χ1) is 46.7. The van der Waals surface area contributed by atoms with Crippen LogP contribution >= 0.6 is 0 Å². The van der Waals surface area contributed by atoms with Crippen LogP contribution in [0.3, 0.4) is 0 Å². The number of aliphatic hydroxyl groups is 2. The van der Waals surface area contributed by atoms with Crippen LogP contribution in [0.25, 0.3) is 11.1 Å². The maximum absolute atomic E-state index is 11.3. The lowest BCUT2D eigenvalue weighted by Gasteiger charge is -2.27. The number of methoxy groups -OCH3 is 4. The molecule has 11 nitrogen and oxygen atoms in total. The van der Waals surface area contributed by atoms with Crippen LogP contribution in [0.5, 0.6) is 23.0 Å². The van der Waals surface area contributed by atoms with Gasteiger partial charge in [0.15, 0.2) is 0 Å². The highest BCUT2D eigenvalue weighted by Crippen LogP contribution is 2.39. The molecule has 0 aliphatic rings. The SMILES string of the molecule is COc1ccc(C(=CN(C=C(c2ccc(OC)cc2)c2ccc(OC)cc2)c2ccc(N(c3ccccc3)c3ccccc3)cc2)c2ccc(CO)cc2)cc1.COc1ccc(C(C=O)c2ccc(CO)cc2)cc1.Nc1ccc(N(c2ccccc2)c2ccccc2)cc1. The van der Waals surface area contributed by atoms with Crippen molar-refractivity contribution in [3.63, 3.8) is 0 Å². The summed E-state index contributed by atoms with van der Waals surface area (Å²) in [6.07, 6.45) is 5.27. The van der Waals surface area contributed by atoms with E-state index in [-0.39, 0.29) is 19.1 Å². The van der Waals surface area contributed by atoms with Crippen molar-refractivity contribution in [2.75, 3.05) is 48.9 Å². The number of nitrogen functional groups attached to an aromatic ring is 1. The summed E-state index contributed by atoms with van der Waals surface area (Å²) in [5.74, 6) is 2.82. The molecule has 95 heavy (non-hydrogen) atoms. The predicted molar refractivity (Wildman–Crippen MR) is 388 cm³/mol. The maximum Gasteiger partial charge on any atom is 0.131 e. The number of para-hydroxylation sites is 4. The van der Waals surface area contributed by atoms with Crippen molar-refractivity contribution >= 4 is 62.9 Å². The molecule has 474 valence electrons. The molecule has 11 heteroatoms. The minimum atomic E-state index is -0.293. The van der Waals surface area contributed by atoms with Crippen LogP contribution < -0.4 is 39.4 Å². The third-order valence-corrected chi connectivity index (χ3v) is 15.9. The van der Waals surface area contributed by atoms with Gasteiger partial charge in [-0.25, -0.2) is 0 Å². The van der Waals surface area contributed by atoms with Gasteiger partial charge in [0.25, 0.3) is 0 Å². The Labute approximate surface area is 557 Å². The lowest BCUT2D eigenvalue weighted by Crippen LogP contribution is -2.12. The summed E-state index contributed by atoms with van der Waals surface area (Å²) in [7, 11) is 6.64. The quantitative estimate of drug-likeness (QED) is 0.0443. The fraction of sp³-hybridized carbons (Fsp3) is 0.0833. The minimum absolute atomic E-state index is 0.00850. The smallest absolute Gasteiger partial charge is 0.131 e. The van der Waals surface area contributed by atoms with Gasteiger partial charge in [0.1, 0.15) is 29.3 Å². The fourth-order valence-corrected chi connectivity index (χ4v) is 10.8. The molecule has 0 bridgehead atoms. The molecular weight excluding hydrogens is 1180 g/mol. The Bertz CT molecular complexity index is 4000. The molecular formula is C84H76N4O7. The molecule has 0 saturated carbocycles. The first-order valence-corrected chi connectivity index (χ1v) is 31.1. The summed E-state index contributed by atoms with van der Waals surface area (Å²) in [5.41, 5.74) is 23.6. The van der Waals surface area contributed by atoms with Crippen molar-refractivity contribution in [2.45, 2.75) is 19.1 Å². The van der Waals surface area contributed by atoms with Gasteiger partial charge in [-0.05, 0) is 190 Å². The van der Waals surface area contributed by atoms with Crippen LogP contribution in [0.2, 0.25) is 0 Å². The molecule has 1 unspecified atom stereocenters. The van der Waals surface area contributed by atoms with Crippen molar-refractivity contribution in [3.8, 4) is 23.0 Å². The van der Waals surface area contributed by atoms with Gasteiger partial charge in [-0.15, -0.1) is 0 Å². The first-order valence-electron chi connectivity index (χ1n) is 31.1. The van der Waals surface area contributed by atoms with E-state index in [9.17, 15) is 9.90 Å². The third-order valence-electron chi connectivity index (χ3n) is 15.9. The highest BCUT2D eigenvalue weighted by atomic mass is 16.5. The van der Waals surface area contributed by atoms with E-state index in [1.807, 2.05) is 170 Å². The van der Waals surface area contributed by atoms with E-state index in [1.165, 1.54) is 0 Å². The minimum Gasteiger partial charge on any atom is -0.497 e. The molecule has 0 radical (unpaired) electrons. The molecule has 4 N–H and O–H groups in total. The molecule has 0 fully saturated rings. The largest absolute Gasteiger partial charge is 0.497 e. The maximum atomic E-state index is 11.3. The summed E-state index contributed by atoms with van der Waals surface area (Å²) >= 11 is 0. The molecule has 0 aliphatic carbocycles. The van der Waals surface area contributed by atoms with Crippen molar-refractivity contribution in [3.05, 3.63) is 372 Å². The number of carbonyl (C=O) groups excluding carboxylic acids is 1. The second-order valence-electron chi connectivity index (χ2n) is 21.9. The van der Waals surface area contributed by atoms with Gasteiger partial charge in [0.05, 0.1) is 47.6 Å². The third kappa shape index (κ3) is 17.4. The van der Waals surface area contributed by atoms with Crippen molar-refractivity contribution in [1.29, 1.82) is 0 Å². The van der Waals surface area contributed by atoms with Crippen molar-refractivity contribution < 1.29 is 34.0 Å². The van der Waals surface area contributed by atoms with Crippen LogP contribution in [0.1, 0.15) is 50.4 Å². The lowest BCUT2D eigenvalue weighted by molar-refractivity contribution is -0.108. The lowest BCUT2D eigenvalue weighted by atomic mass is 9.92. The number of ether oxygens (including phenoxy) is 4. The summed E-state index contributed by atoms with van der Waals surface area (Å²) in [5, 5.41) is 18.9. The Morgan fingerprint density at radius 1 is 0.337 bits per heavy atom. The molecule has 12 aromatic carbocycles. The number of aliphatic hydroxyl groups excluding tert-OH is 2. The Balaban J connectivity index is 0.000000203. The number of nitrogens with zero attached hydrogens (tertiary/aromatic N) is 3. The number of nitrogens with two attached hydrogens (primary N) is 1. The van der Waals surface area contributed by atoms with Gasteiger partial charge in [-0.2, -0.15) is 0 Å². The number of hydrogen-bond donors (Lipinski definition) is 3. The highest BCUT2D eigenvalue weighted by Gasteiger charge is 2.18. The van der Waals surface area contributed by atoms with Crippen LogP contribution in [0, 0.1) is 0 Å². The zero-order valence-corrected chi connectivity index (χ0v) is 53.6. The first kappa shape index (κ1) is 66.0. The van der Waals surface area contributed by atoms with Gasteiger partial charge in [-0.1, -0.05) is 170 Å². The van der Waals surface area contributed by atoms with E-state index in [0.717, 1.165) is 130 Å². The number of aldehydes is 1. The molecule has 0 spiro atoms. The Morgan fingerprint density at radius 3 is 0.884 bits per heavy atom. The number of benzene rings is 12. The van der Waals surface area contributed by atoms with E-state index in [1.54, 1.807) is 28.4 Å². The zero-order chi connectivity index (χ0) is 66.1. The summed E-state index contributed by atoms with van der Waals surface area (Å²) < 4.78 is 21.7. The van der Waals surface area contributed by atoms with Gasteiger partial charge >= 0.3 is 0 Å². The highest BCUT2D eigenvalue weighted by molar-refractivity contribution is 5.87. The average molecular weight is 1250 g/mol. The monoisotopic (exact) mass is 1250 g/mol. The van der Waals surface area contributed by atoms with Gasteiger partial charge < -0.3 is 54.4 Å². The molecule has 0 aliphatic heterocycles. The summed E-state index contributed by atoms with van der Waals surface area (Å²) in [4.78, 5) is 18.0. The molecule has 0 aromatic heterocycles. The van der Waals surface area contributed by atoms with E-state index >= 15 is 0 Å². The van der Waals surface area contributed by atoms with Crippen LogP contribution in [0.15, 0.2) is 328 Å².